The zero-order valence-electron chi connectivity index (χ0n) is 23.1. The molecule has 5 rings (SSSR count). The molecule has 4 N–H and O–H groups in total. The number of hydrogen-bond donors (Lipinski definition) is 4. The lowest BCUT2D eigenvalue weighted by atomic mass is 9.99. The Kier molecular flexibility index (Phi) is 8.25. The molecule has 1 aliphatic heterocycles. The number of H-pyrrole nitrogens is 1. The van der Waals surface area contributed by atoms with Crippen molar-refractivity contribution in [2.24, 2.45) is 5.92 Å². The largest absolute Gasteiger partial charge is 0.453 e. The smallest absolute Gasteiger partial charge is 0.411 e. The molecule has 2 aromatic heterocycles. The topological polar surface area (TPSA) is 143 Å². The number of carbonyl (C=O) groups is 3. The molecule has 0 spiro atoms. The van der Waals surface area contributed by atoms with Crippen LogP contribution in [0.15, 0.2) is 48.9 Å². The molecule has 218 valence electrons. The molecule has 42 heavy (non-hydrogen) atoms. The third-order valence-corrected chi connectivity index (χ3v) is 7.51. The molecule has 0 unspecified atom stereocenters. The normalized spacial score (nSPS) is 16.8. The fourth-order valence-electron chi connectivity index (χ4n) is 4.85. The monoisotopic (exact) mass is 593 g/mol. The van der Waals surface area contributed by atoms with Crippen LogP contribution in [0.2, 0.25) is 5.02 Å². The number of carbonyl (C=O) groups excluding carboxylic acids is 3. The van der Waals surface area contributed by atoms with Crippen LogP contribution in [0.4, 0.5) is 20.6 Å². The fraction of sp³-hybridized carbons (Fsp3) is 0.276. The van der Waals surface area contributed by atoms with E-state index in [1.54, 1.807) is 43.5 Å². The Hall–Kier alpha value is -4.71. The van der Waals surface area contributed by atoms with Gasteiger partial charge >= 0.3 is 6.09 Å². The van der Waals surface area contributed by atoms with E-state index >= 15 is 0 Å². The molecule has 1 aliphatic rings. The van der Waals surface area contributed by atoms with Crippen LogP contribution in [0.25, 0.3) is 16.9 Å². The van der Waals surface area contributed by atoms with E-state index in [9.17, 15) is 18.8 Å². The molecule has 0 fully saturated rings. The second-order valence-corrected chi connectivity index (χ2v) is 10.4. The van der Waals surface area contributed by atoms with Crippen molar-refractivity contribution < 1.29 is 23.5 Å². The second kappa shape index (κ2) is 12.0. The lowest BCUT2D eigenvalue weighted by molar-refractivity contribution is -0.119. The second-order valence-electron chi connectivity index (χ2n) is 10.0. The first-order valence-corrected chi connectivity index (χ1v) is 13.7. The van der Waals surface area contributed by atoms with Gasteiger partial charge in [0.1, 0.15) is 17.8 Å². The van der Waals surface area contributed by atoms with Crippen molar-refractivity contribution in [2.75, 3.05) is 17.7 Å². The van der Waals surface area contributed by atoms with Gasteiger partial charge in [0.15, 0.2) is 5.82 Å². The summed E-state index contributed by atoms with van der Waals surface area (Å²) >= 11 is 5.95. The molecule has 0 saturated heterocycles. The van der Waals surface area contributed by atoms with Gasteiger partial charge in [-0.2, -0.15) is 0 Å². The molecule has 0 saturated carbocycles. The summed E-state index contributed by atoms with van der Waals surface area (Å²) in [4.78, 5) is 50.3. The van der Waals surface area contributed by atoms with E-state index in [1.165, 1.54) is 24.1 Å². The highest BCUT2D eigenvalue weighted by Gasteiger charge is 2.25. The van der Waals surface area contributed by atoms with E-state index in [4.69, 9.17) is 11.6 Å². The number of rotatable bonds is 4. The maximum Gasteiger partial charge on any atom is 0.411 e. The molecular formula is C29H29ClFN7O4. The Bertz CT molecular complexity index is 1670. The highest BCUT2D eigenvalue weighted by Crippen LogP contribution is 2.33. The molecule has 2 aromatic carbocycles. The molecule has 2 atom stereocenters. The Labute approximate surface area is 245 Å². The van der Waals surface area contributed by atoms with Crippen LogP contribution in [-0.4, -0.2) is 44.5 Å². The van der Waals surface area contributed by atoms with Gasteiger partial charge in [0.2, 0.25) is 5.91 Å². The lowest BCUT2D eigenvalue weighted by Crippen LogP contribution is -2.30. The van der Waals surface area contributed by atoms with Crippen molar-refractivity contribution in [3.8, 4) is 16.9 Å². The highest BCUT2D eigenvalue weighted by atomic mass is 35.5. The predicted molar refractivity (Wildman–Crippen MR) is 155 cm³/mol. The number of methoxy groups -OCH3 is 1. The van der Waals surface area contributed by atoms with Gasteiger partial charge in [-0.3, -0.25) is 19.5 Å². The Morgan fingerprint density at radius 2 is 2.00 bits per heavy atom. The van der Waals surface area contributed by atoms with Crippen molar-refractivity contribution in [1.29, 1.82) is 0 Å². The fourth-order valence-corrected chi connectivity index (χ4v) is 5.02. The van der Waals surface area contributed by atoms with Crippen molar-refractivity contribution >= 4 is 40.9 Å². The van der Waals surface area contributed by atoms with E-state index < -0.39 is 23.9 Å². The van der Waals surface area contributed by atoms with Crippen LogP contribution in [0.1, 0.15) is 54.2 Å². The summed E-state index contributed by atoms with van der Waals surface area (Å²) in [7, 11) is 1.26. The summed E-state index contributed by atoms with van der Waals surface area (Å²) in [6.45, 7) is 3.51. The zero-order valence-corrected chi connectivity index (χ0v) is 23.9. The number of aromatic nitrogens is 4. The van der Waals surface area contributed by atoms with Gasteiger partial charge in [0.05, 0.1) is 47.1 Å². The average Bonchev–Trinajstić information content (AvgIpc) is 3.60. The molecule has 0 radical (unpaired) electrons. The first kappa shape index (κ1) is 28.8. The van der Waals surface area contributed by atoms with Gasteiger partial charge in [-0.15, -0.1) is 0 Å². The van der Waals surface area contributed by atoms with Crippen LogP contribution in [-0.2, 0) is 9.53 Å². The van der Waals surface area contributed by atoms with Crippen LogP contribution in [0, 0.1) is 18.7 Å². The number of benzene rings is 2. The van der Waals surface area contributed by atoms with E-state index in [1.807, 2.05) is 6.92 Å². The molecule has 2 bridgehead atoms. The van der Waals surface area contributed by atoms with E-state index in [2.05, 4.69) is 35.6 Å². The molecular weight excluding hydrogens is 565 g/mol. The summed E-state index contributed by atoms with van der Waals surface area (Å²) in [5, 5.41) is 8.54. The number of aromatic amines is 1. The molecule has 3 amide bonds. The third kappa shape index (κ3) is 5.84. The number of halogens is 2. The summed E-state index contributed by atoms with van der Waals surface area (Å²) in [6.07, 6.45) is 4.05. The minimum atomic E-state index is -0.636. The summed E-state index contributed by atoms with van der Waals surface area (Å²) in [6, 6.07) is 9.17. The van der Waals surface area contributed by atoms with Crippen LogP contribution >= 0.6 is 11.6 Å². The zero-order chi connectivity index (χ0) is 30.0. The van der Waals surface area contributed by atoms with Gasteiger partial charge < -0.3 is 20.4 Å². The minimum absolute atomic E-state index is 0.0334. The van der Waals surface area contributed by atoms with Crippen molar-refractivity contribution in [3.63, 3.8) is 0 Å². The van der Waals surface area contributed by atoms with Crippen LogP contribution in [0.5, 0.6) is 0 Å². The lowest BCUT2D eigenvalue weighted by Gasteiger charge is -2.20. The quantitative estimate of drug-likeness (QED) is 0.236. The Morgan fingerprint density at radius 3 is 2.79 bits per heavy atom. The number of anilines is 2. The molecule has 13 heteroatoms. The number of ether oxygens (including phenoxy) is 1. The first-order chi connectivity index (χ1) is 20.2. The van der Waals surface area contributed by atoms with Crippen molar-refractivity contribution in [1.82, 2.24) is 24.8 Å². The van der Waals surface area contributed by atoms with Gasteiger partial charge in [0, 0.05) is 17.2 Å². The number of hydrogen-bond acceptors (Lipinski definition) is 6. The predicted octanol–water partition coefficient (Wildman–Crippen LogP) is 5.77. The molecule has 0 aliphatic carbocycles. The standard InChI is InChI=1S/C29H29ClFN7O4/c1-15-6-4-8-20(36-28(40)25-16(2)38(14-33-25)23-9-5-7-19(30)24(23)31)26-32-13-22(35-26)18-11-10-17(34-29(41)42-3)12-21(18)37-27(15)39/h5,7,9-15,20H,4,6,8H2,1-3H3,(H,32,35)(H,34,41)(H,36,40)(H,37,39)/t15-,20+/m1/s1. The third-order valence-electron chi connectivity index (χ3n) is 7.22. The SMILES string of the molecule is COC(=O)Nc1ccc2c(c1)NC(=O)[C@H](C)CCC[C@H](NC(=O)c1ncn(-c3cccc(Cl)c3F)c1C)c1ncc-2[nH]1. The van der Waals surface area contributed by atoms with Gasteiger partial charge in [-0.1, -0.05) is 31.0 Å². The number of nitrogens with zero attached hydrogens (tertiary/aromatic N) is 3. The van der Waals surface area contributed by atoms with E-state index in [-0.39, 0.29) is 28.2 Å². The average molecular weight is 594 g/mol. The van der Waals surface area contributed by atoms with Crippen molar-refractivity contribution in [3.05, 3.63) is 77.0 Å². The van der Waals surface area contributed by atoms with Gasteiger partial charge in [0.25, 0.3) is 5.91 Å². The van der Waals surface area contributed by atoms with Gasteiger partial charge in [-0.05, 0) is 50.1 Å². The maximum atomic E-state index is 14.7. The van der Waals surface area contributed by atoms with Crippen LogP contribution < -0.4 is 16.0 Å². The van der Waals surface area contributed by atoms with E-state index in [0.717, 1.165) is 0 Å². The number of amides is 3. The summed E-state index contributed by atoms with van der Waals surface area (Å²) in [5.74, 6) is -1.03. The summed E-state index contributed by atoms with van der Waals surface area (Å²) < 4.78 is 20.8. The number of fused-ring (bicyclic) bond motifs is 4. The maximum absolute atomic E-state index is 14.7. The van der Waals surface area contributed by atoms with Crippen LogP contribution in [0.3, 0.4) is 0 Å². The Balaban J connectivity index is 1.45. The van der Waals surface area contributed by atoms with Crippen molar-refractivity contribution in [2.45, 2.75) is 39.2 Å². The Morgan fingerprint density at radius 1 is 1.19 bits per heavy atom. The molecule has 4 aromatic rings. The van der Waals surface area contributed by atoms with E-state index in [0.29, 0.717) is 53.4 Å². The number of imidazole rings is 2. The highest BCUT2D eigenvalue weighted by molar-refractivity contribution is 6.30. The minimum Gasteiger partial charge on any atom is -0.453 e. The van der Waals surface area contributed by atoms with Gasteiger partial charge in [-0.25, -0.2) is 19.2 Å². The summed E-state index contributed by atoms with van der Waals surface area (Å²) in [5.41, 5.74) is 2.94. The molecule has 11 nitrogen and oxygen atoms in total. The number of nitrogens with one attached hydrogen (secondary N) is 4. The first-order valence-electron chi connectivity index (χ1n) is 13.3. The molecule has 3 heterocycles.